The number of amides is 2. The second kappa shape index (κ2) is 8.76. The predicted molar refractivity (Wildman–Crippen MR) is 132 cm³/mol. The van der Waals surface area contributed by atoms with E-state index in [0.717, 1.165) is 17.0 Å². The first-order valence-corrected chi connectivity index (χ1v) is 11.8. The molecule has 2 aromatic heterocycles. The molecule has 1 unspecified atom stereocenters. The number of hydrogen-bond donors (Lipinski definition) is 2. The van der Waals surface area contributed by atoms with Crippen LogP contribution in [0.5, 0.6) is 0 Å². The van der Waals surface area contributed by atoms with Gasteiger partial charge in [-0.3, -0.25) is 19.3 Å². The predicted octanol–water partition coefficient (Wildman–Crippen LogP) is 5.07. The highest BCUT2D eigenvalue weighted by Gasteiger charge is 2.25. The van der Waals surface area contributed by atoms with Crippen LogP contribution in [0.2, 0.25) is 0 Å². The molecule has 2 aromatic carbocycles. The Kier molecular flexibility index (Phi) is 5.65. The van der Waals surface area contributed by atoms with Crippen LogP contribution in [0.1, 0.15) is 28.9 Å². The molecule has 0 saturated heterocycles. The molecule has 4 aromatic rings. The molecule has 5 rings (SSSR count). The van der Waals surface area contributed by atoms with E-state index >= 15 is 0 Å². The molecular formula is C24H21N5O2S2. The van der Waals surface area contributed by atoms with Gasteiger partial charge < -0.3 is 10.2 Å². The maximum atomic E-state index is 13.0. The van der Waals surface area contributed by atoms with Crippen LogP contribution in [0.25, 0.3) is 10.7 Å². The van der Waals surface area contributed by atoms with Crippen molar-refractivity contribution in [3.05, 3.63) is 81.9 Å². The zero-order chi connectivity index (χ0) is 22.9. The summed E-state index contributed by atoms with van der Waals surface area (Å²) in [6.45, 7) is 2.45. The number of thiophene rings is 1. The van der Waals surface area contributed by atoms with Gasteiger partial charge in [-0.25, -0.2) is 0 Å². The number of nitrogens with one attached hydrogen (secondary N) is 2. The molecule has 2 N–H and O–H groups in total. The van der Waals surface area contributed by atoms with Gasteiger partial charge in [-0.2, -0.15) is 5.10 Å². The summed E-state index contributed by atoms with van der Waals surface area (Å²) in [5.41, 5.74) is 3.34. The summed E-state index contributed by atoms with van der Waals surface area (Å²) in [6.07, 6.45) is 0.859. The maximum absolute atomic E-state index is 13.0. The number of rotatable bonds is 5. The molecular weight excluding hydrogens is 454 g/mol. The summed E-state index contributed by atoms with van der Waals surface area (Å²) in [4.78, 5) is 28.7. The van der Waals surface area contributed by atoms with E-state index in [-0.39, 0.29) is 11.8 Å². The standard InChI is InChI=1S/C24H21N5O2S2/c1-15(29-21(26-27-24(29)32)20-7-4-14-33-20)22(30)25-18-10-8-17(9-11-18)23(31)28-13-12-16-5-2-3-6-19(16)28/h2-11,14-15H,12-13H2,1H3,(H,25,30)(H,27,32). The quantitative estimate of drug-likeness (QED) is 0.395. The summed E-state index contributed by atoms with van der Waals surface area (Å²) < 4.78 is 2.09. The van der Waals surface area contributed by atoms with E-state index < -0.39 is 6.04 Å². The molecule has 1 aliphatic heterocycles. The smallest absolute Gasteiger partial charge is 0.258 e. The first-order chi connectivity index (χ1) is 16.0. The van der Waals surface area contributed by atoms with Crippen LogP contribution in [-0.2, 0) is 11.2 Å². The SMILES string of the molecule is CC(C(=O)Nc1ccc(C(=O)N2CCc3ccccc32)cc1)n1c(-c2cccs2)n[nH]c1=S. The molecule has 166 valence electrons. The largest absolute Gasteiger partial charge is 0.324 e. The monoisotopic (exact) mass is 475 g/mol. The van der Waals surface area contributed by atoms with Crippen molar-refractivity contribution in [2.75, 3.05) is 16.8 Å². The third-order valence-electron chi connectivity index (χ3n) is 5.74. The number of nitrogens with zero attached hydrogens (tertiary/aromatic N) is 3. The van der Waals surface area contributed by atoms with E-state index in [1.165, 1.54) is 16.9 Å². The van der Waals surface area contributed by atoms with Crippen LogP contribution in [0.15, 0.2) is 66.0 Å². The number of carbonyl (C=O) groups is 2. The van der Waals surface area contributed by atoms with Gasteiger partial charge in [0.2, 0.25) is 5.91 Å². The van der Waals surface area contributed by atoms with Crippen molar-refractivity contribution in [2.24, 2.45) is 0 Å². The summed E-state index contributed by atoms with van der Waals surface area (Å²) >= 11 is 6.89. The van der Waals surface area contributed by atoms with Gasteiger partial charge in [-0.05, 0) is 72.9 Å². The number of fused-ring (bicyclic) bond motifs is 1. The first kappa shape index (κ1) is 21.3. The molecule has 3 heterocycles. The molecule has 7 nitrogen and oxygen atoms in total. The minimum Gasteiger partial charge on any atom is -0.324 e. The van der Waals surface area contributed by atoms with Crippen molar-refractivity contribution < 1.29 is 9.59 Å². The summed E-state index contributed by atoms with van der Waals surface area (Å²) in [5.74, 6) is 0.360. The molecule has 1 aliphatic rings. The number of aromatic amines is 1. The number of anilines is 2. The van der Waals surface area contributed by atoms with Crippen LogP contribution in [0.3, 0.4) is 0 Å². The second-order valence-electron chi connectivity index (χ2n) is 7.78. The van der Waals surface area contributed by atoms with Crippen molar-refractivity contribution >= 4 is 46.7 Å². The van der Waals surface area contributed by atoms with Crippen LogP contribution >= 0.6 is 23.6 Å². The Morgan fingerprint density at radius 3 is 2.67 bits per heavy atom. The highest BCUT2D eigenvalue weighted by Crippen LogP contribution is 2.29. The lowest BCUT2D eigenvalue weighted by Gasteiger charge is -2.18. The summed E-state index contributed by atoms with van der Waals surface area (Å²) in [6, 6.07) is 18.2. The van der Waals surface area contributed by atoms with Gasteiger partial charge in [-0.15, -0.1) is 11.3 Å². The zero-order valence-electron chi connectivity index (χ0n) is 17.8. The third-order valence-corrected chi connectivity index (χ3v) is 6.90. The Hall–Kier alpha value is -3.56. The van der Waals surface area contributed by atoms with Gasteiger partial charge in [0, 0.05) is 23.5 Å². The molecule has 1 atom stereocenters. The molecule has 0 aliphatic carbocycles. The molecule has 33 heavy (non-hydrogen) atoms. The Bertz CT molecular complexity index is 1370. The van der Waals surface area contributed by atoms with Gasteiger partial charge in [0.05, 0.1) is 4.88 Å². The van der Waals surface area contributed by atoms with Gasteiger partial charge in [0.15, 0.2) is 10.6 Å². The minimum atomic E-state index is -0.573. The van der Waals surface area contributed by atoms with Crippen LogP contribution < -0.4 is 10.2 Å². The number of benzene rings is 2. The summed E-state index contributed by atoms with van der Waals surface area (Å²) in [5, 5.41) is 11.9. The molecule has 9 heteroatoms. The van der Waals surface area contributed by atoms with Crippen molar-refractivity contribution in [1.29, 1.82) is 0 Å². The van der Waals surface area contributed by atoms with E-state index in [0.29, 0.717) is 28.4 Å². The molecule has 0 fully saturated rings. The molecule has 0 radical (unpaired) electrons. The van der Waals surface area contributed by atoms with Crippen LogP contribution in [-0.4, -0.2) is 33.1 Å². The second-order valence-corrected chi connectivity index (χ2v) is 9.11. The van der Waals surface area contributed by atoms with Crippen LogP contribution in [0.4, 0.5) is 11.4 Å². The topological polar surface area (TPSA) is 83.0 Å². The van der Waals surface area contributed by atoms with Gasteiger partial charge >= 0.3 is 0 Å². The highest BCUT2D eigenvalue weighted by molar-refractivity contribution is 7.71. The Balaban J connectivity index is 1.30. The van der Waals surface area contributed by atoms with Gasteiger partial charge in [-0.1, -0.05) is 24.3 Å². The van der Waals surface area contributed by atoms with Crippen molar-refractivity contribution in [1.82, 2.24) is 14.8 Å². The Labute approximate surface area is 199 Å². The van der Waals surface area contributed by atoms with Gasteiger partial charge in [0.1, 0.15) is 6.04 Å². The zero-order valence-corrected chi connectivity index (χ0v) is 19.5. The average Bonchev–Trinajstić information content (AvgIpc) is 3.58. The van der Waals surface area contributed by atoms with E-state index in [4.69, 9.17) is 12.2 Å². The van der Waals surface area contributed by atoms with Crippen molar-refractivity contribution in [3.63, 3.8) is 0 Å². The fourth-order valence-corrected chi connectivity index (χ4v) is 5.01. The normalized spacial score (nSPS) is 13.5. The number of H-pyrrole nitrogens is 1. The van der Waals surface area contributed by atoms with E-state index in [9.17, 15) is 9.59 Å². The lowest BCUT2D eigenvalue weighted by atomic mass is 10.1. The van der Waals surface area contributed by atoms with Crippen LogP contribution in [0, 0.1) is 4.77 Å². The number of aromatic nitrogens is 3. The first-order valence-electron chi connectivity index (χ1n) is 10.5. The molecule has 0 spiro atoms. The Morgan fingerprint density at radius 1 is 1.12 bits per heavy atom. The van der Waals surface area contributed by atoms with E-state index in [2.05, 4.69) is 21.6 Å². The summed E-state index contributed by atoms with van der Waals surface area (Å²) in [7, 11) is 0. The lowest BCUT2D eigenvalue weighted by molar-refractivity contribution is -0.118. The number of para-hydroxylation sites is 1. The minimum absolute atomic E-state index is 0.0449. The molecule has 2 amide bonds. The maximum Gasteiger partial charge on any atom is 0.258 e. The van der Waals surface area contributed by atoms with E-state index in [1.807, 2.05) is 35.7 Å². The molecule has 0 saturated carbocycles. The van der Waals surface area contributed by atoms with Gasteiger partial charge in [0.25, 0.3) is 5.91 Å². The van der Waals surface area contributed by atoms with Crippen molar-refractivity contribution in [2.45, 2.75) is 19.4 Å². The highest BCUT2D eigenvalue weighted by atomic mass is 32.1. The van der Waals surface area contributed by atoms with E-state index in [1.54, 1.807) is 40.7 Å². The number of carbonyl (C=O) groups excluding carboxylic acids is 2. The third kappa shape index (κ3) is 4.01. The fraction of sp³-hybridized carbons (Fsp3) is 0.167. The average molecular weight is 476 g/mol. The molecule has 0 bridgehead atoms. The number of hydrogen-bond acceptors (Lipinski definition) is 5. The lowest BCUT2D eigenvalue weighted by Crippen LogP contribution is -2.29. The van der Waals surface area contributed by atoms with Crippen molar-refractivity contribution in [3.8, 4) is 10.7 Å². The Morgan fingerprint density at radius 2 is 1.91 bits per heavy atom. The fourth-order valence-electron chi connectivity index (χ4n) is 4.01.